The van der Waals surface area contributed by atoms with Crippen LogP contribution in [0, 0.1) is 13.8 Å². The smallest absolute Gasteiger partial charge is 0.122 e. The second kappa shape index (κ2) is 6.25. The summed E-state index contributed by atoms with van der Waals surface area (Å²) in [5.74, 6) is 1.02. The van der Waals surface area contributed by atoms with E-state index in [-0.39, 0.29) is 0 Å². The monoisotopic (exact) mass is 240 g/mol. The lowest BCUT2D eigenvalue weighted by Gasteiger charge is -2.09. The standard InChI is InChI=1S/C17H20O/c1-14-10-11-15(2)17(13-14)18-12-6-9-16-7-4-3-5-8-16/h3-5,7-8,10-11,13H,6,9,12H2,1-2H3. The summed E-state index contributed by atoms with van der Waals surface area (Å²) in [4.78, 5) is 0. The van der Waals surface area contributed by atoms with E-state index in [1.807, 2.05) is 0 Å². The summed E-state index contributed by atoms with van der Waals surface area (Å²) in [5.41, 5.74) is 3.83. The molecule has 2 aromatic rings. The first-order valence-corrected chi connectivity index (χ1v) is 6.50. The number of benzene rings is 2. The van der Waals surface area contributed by atoms with Gasteiger partial charge in [0, 0.05) is 0 Å². The molecule has 0 aliphatic carbocycles. The lowest BCUT2D eigenvalue weighted by molar-refractivity contribution is 0.309. The van der Waals surface area contributed by atoms with E-state index in [0.717, 1.165) is 25.2 Å². The van der Waals surface area contributed by atoms with E-state index in [4.69, 9.17) is 4.74 Å². The molecule has 0 aromatic heterocycles. The molecule has 94 valence electrons. The highest BCUT2D eigenvalue weighted by Gasteiger charge is 1.99. The first-order chi connectivity index (χ1) is 8.75. The number of ether oxygens (including phenoxy) is 1. The third-order valence-electron chi connectivity index (χ3n) is 3.05. The first-order valence-electron chi connectivity index (χ1n) is 6.50. The van der Waals surface area contributed by atoms with Gasteiger partial charge in [0.05, 0.1) is 6.61 Å². The Morgan fingerprint density at radius 2 is 1.72 bits per heavy atom. The van der Waals surface area contributed by atoms with Gasteiger partial charge in [0.2, 0.25) is 0 Å². The maximum absolute atomic E-state index is 5.84. The van der Waals surface area contributed by atoms with Crippen molar-refractivity contribution in [2.45, 2.75) is 26.7 Å². The van der Waals surface area contributed by atoms with Crippen LogP contribution in [0.5, 0.6) is 5.75 Å². The van der Waals surface area contributed by atoms with Crippen LogP contribution < -0.4 is 4.74 Å². The molecule has 1 heteroatoms. The molecule has 0 unspecified atom stereocenters. The first kappa shape index (κ1) is 12.7. The van der Waals surface area contributed by atoms with Crippen LogP contribution in [0.2, 0.25) is 0 Å². The fourth-order valence-electron chi connectivity index (χ4n) is 1.97. The summed E-state index contributed by atoms with van der Waals surface area (Å²) in [5, 5.41) is 0. The Bertz CT molecular complexity index is 488. The predicted molar refractivity (Wildman–Crippen MR) is 76.2 cm³/mol. The molecule has 0 amide bonds. The summed E-state index contributed by atoms with van der Waals surface area (Å²) in [6.45, 7) is 4.96. The van der Waals surface area contributed by atoms with Crippen LogP contribution in [0.3, 0.4) is 0 Å². The number of aryl methyl sites for hydroxylation is 3. The van der Waals surface area contributed by atoms with Crippen LogP contribution in [-0.4, -0.2) is 6.61 Å². The Labute approximate surface area is 109 Å². The highest BCUT2D eigenvalue weighted by atomic mass is 16.5. The number of rotatable bonds is 5. The Hall–Kier alpha value is -1.76. The zero-order chi connectivity index (χ0) is 12.8. The van der Waals surface area contributed by atoms with Crippen molar-refractivity contribution in [2.75, 3.05) is 6.61 Å². The molecule has 0 spiro atoms. The molecule has 0 fully saturated rings. The fourth-order valence-corrected chi connectivity index (χ4v) is 1.97. The summed E-state index contributed by atoms with van der Waals surface area (Å²) in [7, 11) is 0. The van der Waals surface area contributed by atoms with Crippen LogP contribution in [0.25, 0.3) is 0 Å². The molecular formula is C17H20O. The summed E-state index contributed by atoms with van der Waals surface area (Å²) < 4.78 is 5.84. The van der Waals surface area contributed by atoms with Gasteiger partial charge in [-0.3, -0.25) is 0 Å². The largest absolute Gasteiger partial charge is 0.493 e. The molecule has 1 nitrogen and oxygen atoms in total. The Kier molecular flexibility index (Phi) is 4.40. The van der Waals surface area contributed by atoms with Crippen LogP contribution >= 0.6 is 0 Å². The molecule has 0 bridgehead atoms. The van der Waals surface area contributed by atoms with Crippen molar-refractivity contribution in [1.29, 1.82) is 0 Å². The van der Waals surface area contributed by atoms with Crippen LogP contribution in [0.4, 0.5) is 0 Å². The zero-order valence-corrected chi connectivity index (χ0v) is 11.1. The minimum Gasteiger partial charge on any atom is -0.493 e. The van der Waals surface area contributed by atoms with Crippen molar-refractivity contribution in [2.24, 2.45) is 0 Å². The highest BCUT2D eigenvalue weighted by Crippen LogP contribution is 2.19. The molecule has 2 aromatic carbocycles. The van der Waals surface area contributed by atoms with Crippen molar-refractivity contribution >= 4 is 0 Å². The van der Waals surface area contributed by atoms with Crippen molar-refractivity contribution in [3.05, 3.63) is 65.2 Å². The van der Waals surface area contributed by atoms with Gasteiger partial charge in [-0.1, -0.05) is 42.5 Å². The van der Waals surface area contributed by atoms with E-state index in [0.29, 0.717) is 0 Å². The van der Waals surface area contributed by atoms with Gasteiger partial charge in [-0.25, -0.2) is 0 Å². The molecule has 0 aliphatic rings. The molecule has 18 heavy (non-hydrogen) atoms. The topological polar surface area (TPSA) is 9.23 Å². The van der Waals surface area contributed by atoms with Crippen molar-refractivity contribution in [3.63, 3.8) is 0 Å². The SMILES string of the molecule is Cc1ccc(C)c(OCCCc2ccccc2)c1. The maximum Gasteiger partial charge on any atom is 0.122 e. The van der Waals surface area contributed by atoms with Gasteiger partial charge in [0.1, 0.15) is 5.75 Å². The summed E-state index contributed by atoms with van der Waals surface area (Å²) in [6, 6.07) is 16.9. The van der Waals surface area contributed by atoms with Gasteiger partial charge in [-0.05, 0) is 49.4 Å². The normalized spacial score (nSPS) is 10.3. The number of hydrogen-bond acceptors (Lipinski definition) is 1. The van der Waals surface area contributed by atoms with Crippen molar-refractivity contribution < 1.29 is 4.74 Å². The van der Waals surface area contributed by atoms with Gasteiger partial charge in [0.15, 0.2) is 0 Å². The molecule has 0 saturated heterocycles. The molecule has 0 aliphatic heterocycles. The van der Waals surface area contributed by atoms with Crippen molar-refractivity contribution in [1.82, 2.24) is 0 Å². The average molecular weight is 240 g/mol. The minimum atomic E-state index is 0.777. The lowest BCUT2D eigenvalue weighted by atomic mass is 10.1. The summed E-state index contributed by atoms with van der Waals surface area (Å²) >= 11 is 0. The maximum atomic E-state index is 5.84. The second-order valence-electron chi connectivity index (χ2n) is 4.71. The molecule has 0 N–H and O–H groups in total. The molecule has 2 rings (SSSR count). The third kappa shape index (κ3) is 3.63. The van der Waals surface area contributed by atoms with E-state index < -0.39 is 0 Å². The van der Waals surface area contributed by atoms with E-state index in [2.05, 4.69) is 62.4 Å². The van der Waals surface area contributed by atoms with Gasteiger partial charge in [0.25, 0.3) is 0 Å². The molecule has 0 saturated carbocycles. The Balaban J connectivity index is 1.80. The molecular weight excluding hydrogens is 220 g/mol. The van der Waals surface area contributed by atoms with Gasteiger partial charge in [-0.15, -0.1) is 0 Å². The van der Waals surface area contributed by atoms with E-state index in [9.17, 15) is 0 Å². The van der Waals surface area contributed by atoms with Crippen LogP contribution in [0.1, 0.15) is 23.1 Å². The van der Waals surface area contributed by atoms with E-state index in [1.165, 1.54) is 16.7 Å². The quantitative estimate of drug-likeness (QED) is 0.707. The van der Waals surface area contributed by atoms with Gasteiger partial charge in [-0.2, -0.15) is 0 Å². The Morgan fingerprint density at radius 3 is 2.50 bits per heavy atom. The molecule has 0 radical (unpaired) electrons. The highest BCUT2D eigenvalue weighted by molar-refractivity contribution is 5.35. The molecule has 0 heterocycles. The lowest BCUT2D eigenvalue weighted by Crippen LogP contribution is -2.00. The van der Waals surface area contributed by atoms with Gasteiger partial charge >= 0.3 is 0 Å². The summed E-state index contributed by atoms with van der Waals surface area (Å²) in [6.07, 6.45) is 2.13. The van der Waals surface area contributed by atoms with Crippen molar-refractivity contribution in [3.8, 4) is 5.75 Å². The molecule has 0 atom stereocenters. The number of hydrogen-bond donors (Lipinski definition) is 0. The Morgan fingerprint density at radius 1 is 0.944 bits per heavy atom. The van der Waals surface area contributed by atoms with E-state index in [1.54, 1.807) is 0 Å². The minimum absolute atomic E-state index is 0.777. The van der Waals surface area contributed by atoms with E-state index >= 15 is 0 Å². The zero-order valence-electron chi connectivity index (χ0n) is 11.1. The predicted octanol–water partition coefficient (Wildman–Crippen LogP) is 4.32. The fraction of sp³-hybridized carbons (Fsp3) is 0.294. The second-order valence-corrected chi connectivity index (χ2v) is 4.71. The van der Waals surface area contributed by atoms with Gasteiger partial charge < -0.3 is 4.74 Å². The van der Waals surface area contributed by atoms with Crippen LogP contribution in [-0.2, 0) is 6.42 Å². The third-order valence-corrected chi connectivity index (χ3v) is 3.05. The van der Waals surface area contributed by atoms with Crippen LogP contribution in [0.15, 0.2) is 48.5 Å². The average Bonchev–Trinajstić information content (AvgIpc) is 2.40.